The van der Waals surface area contributed by atoms with E-state index in [1.165, 1.54) is 17.7 Å². The minimum atomic E-state index is 0.0544. The van der Waals surface area contributed by atoms with Crippen LogP contribution < -0.4 is 5.32 Å². The maximum Gasteiger partial charge on any atom is 0.243 e. The monoisotopic (exact) mass is 317 g/mol. The Morgan fingerprint density at radius 1 is 1.43 bits per heavy atom. The smallest absolute Gasteiger partial charge is 0.243 e. The van der Waals surface area contributed by atoms with E-state index in [0.29, 0.717) is 11.9 Å². The van der Waals surface area contributed by atoms with Crippen molar-refractivity contribution in [2.75, 3.05) is 0 Å². The molecule has 2 atom stereocenters. The van der Waals surface area contributed by atoms with Crippen LogP contribution in [0.3, 0.4) is 0 Å². The Balaban J connectivity index is 1.68. The number of hydrogen-bond acceptors (Lipinski definition) is 5. The topological polar surface area (TPSA) is 68.8 Å². The highest BCUT2D eigenvalue weighted by atomic mass is 16.5. The van der Waals surface area contributed by atoms with Gasteiger partial charge in [0.2, 0.25) is 5.89 Å². The molecule has 0 fully saturated rings. The molecule has 0 unspecified atom stereocenters. The first-order valence-electron chi connectivity index (χ1n) is 8.86. The second-order valence-corrected chi connectivity index (χ2v) is 6.35. The lowest BCUT2D eigenvalue weighted by Gasteiger charge is -2.26. The molecule has 6 heteroatoms. The van der Waals surface area contributed by atoms with E-state index in [-0.39, 0.29) is 6.04 Å². The van der Waals surface area contributed by atoms with Crippen molar-refractivity contribution in [1.29, 1.82) is 0 Å². The fourth-order valence-electron chi connectivity index (χ4n) is 3.32. The Morgan fingerprint density at radius 2 is 2.30 bits per heavy atom. The largest absolute Gasteiger partial charge is 0.338 e. The predicted octanol–water partition coefficient (Wildman–Crippen LogP) is 3.36. The molecule has 126 valence electrons. The summed E-state index contributed by atoms with van der Waals surface area (Å²) >= 11 is 0. The van der Waals surface area contributed by atoms with Crippen molar-refractivity contribution in [2.24, 2.45) is 0 Å². The van der Waals surface area contributed by atoms with E-state index in [2.05, 4.69) is 46.0 Å². The van der Waals surface area contributed by atoms with E-state index in [0.717, 1.165) is 44.5 Å². The molecule has 3 rings (SSSR count). The van der Waals surface area contributed by atoms with Gasteiger partial charge in [0, 0.05) is 30.3 Å². The number of aryl methyl sites for hydroxylation is 2. The van der Waals surface area contributed by atoms with Crippen molar-refractivity contribution in [1.82, 2.24) is 25.2 Å². The summed E-state index contributed by atoms with van der Waals surface area (Å²) in [7, 11) is 0. The molecular formula is C17H27N5O. The normalized spacial score (nSPS) is 18.8. The summed E-state index contributed by atoms with van der Waals surface area (Å²) in [6.45, 7) is 7.34. The standard InChI is InChI=1S/C17H27N5O/c1-4-6-10-16-20-17(23-21-16)12(3)19-14-8-7-9-15-13(14)11-18-22(15)5-2/h11-12,14,19H,4-10H2,1-3H3/t12-,14+/m1/s1. The molecule has 0 radical (unpaired) electrons. The van der Waals surface area contributed by atoms with E-state index in [4.69, 9.17) is 4.52 Å². The molecule has 2 aromatic heterocycles. The van der Waals surface area contributed by atoms with Gasteiger partial charge >= 0.3 is 0 Å². The van der Waals surface area contributed by atoms with E-state index < -0.39 is 0 Å². The van der Waals surface area contributed by atoms with Gasteiger partial charge in [0.05, 0.1) is 12.2 Å². The fourth-order valence-corrected chi connectivity index (χ4v) is 3.32. The van der Waals surface area contributed by atoms with Crippen LogP contribution in [0.2, 0.25) is 0 Å². The Bertz CT molecular complexity index is 633. The van der Waals surface area contributed by atoms with Crippen LogP contribution in [0.5, 0.6) is 0 Å². The molecule has 1 N–H and O–H groups in total. The van der Waals surface area contributed by atoms with Crippen LogP contribution in [0.25, 0.3) is 0 Å². The lowest BCUT2D eigenvalue weighted by Crippen LogP contribution is -2.28. The van der Waals surface area contributed by atoms with Crippen molar-refractivity contribution in [3.05, 3.63) is 29.2 Å². The lowest BCUT2D eigenvalue weighted by atomic mass is 9.92. The summed E-state index contributed by atoms with van der Waals surface area (Å²) in [6, 6.07) is 0.374. The van der Waals surface area contributed by atoms with Crippen molar-refractivity contribution in [2.45, 2.75) is 77.9 Å². The highest BCUT2D eigenvalue weighted by Gasteiger charge is 2.26. The number of hydrogen-bond donors (Lipinski definition) is 1. The summed E-state index contributed by atoms with van der Waals surface area (Å²) < 4.78 is 7.55. The summed E-state index contributed by atoms with van der Waals surface area (Å²) in [5.41, 5.74) is 2.70. The highest BCUT2D eigenvalue weighted by Crippen LogP contribution is 2.31. The Hall–Kier alpha value is -1.69. The van der Waals surface area contributed by atoms with Crippen LogP contribution in [0.15, 0.2) is 10.7 Å². The molecule has 0 saturated carbocycles. The molecule has 2 heterocycles. The number of rotatable bonds is 7. The van der Waals surface area contributed by atoms with Crippen molar-refractivity contribution in [3.8, 4) is 0 Å². The van der Waals surface area contributed by atoms with Gasteiger partial charge in [-0.15, -0.1) is 0 Å². The third kappa shape index (κ3) is 3.47. The molecule has 2 aromatic rings. The number of nitrogens with zero attached hydrogens (tertiary/aromatic N) is 4. The third-order valence-electron chi connectivity index (χ3n) is 4.62. The zero-order chi connectivity index (χ0) is 16.2. The van der Waals surface area contributed by atoms with E-state index in [9.17, 15) is 0 Å². The first-order valence-corrected chi connectivity index (χ1v) is 8.86. The van der Waals surface area contributed by atoms with Gasteiger partial charge in [-0.1, -0.05) is 18.5 Å². The average Bonchev–Trinajstić information content (AvgIpc) is 3.20. The first-order chi connectivity index (χ1) is 11.2. The molecular weight excluding hydrogens is 290 g/mol. The zero-order valence-electron chi connectivity index (χ0n) is 14.4. The van der Waals surface area contributed by atoms with Gasteiger partial charge in [-0.3, -0.25) is 10.00 Å². The van der Waals surface area contributed by atoms with Gasteiger partial charge in [0.25, 0.3) is 0 Å². The van der Waals surface area contributed by atoms with Gasteiger partial charge in [-0.25, -0.2) is 0 Å². The first kappa shape index (κ1) is 16.2. The highest BCUT2D eigenvalue weighted by molar-refractivity contribution is 5.25. The summed E-state index contributed by atoms with van der Waals surface area (Å²) in [4.78, 5) is 4.53. The zero-order valence-corrected chi connectivity index (χ0v) is 14.4. The number of nitrogens with one attached hydrogen (secondary N) is 1. The van der Waals surface area contributed by atoms with Gasteiger partial charge in [0.15, 0.2) is 5.82 Å². The Morgan fingerprint density at radius 3 is 3.09 bits per heavy atom. The summed E-state index contributed by atoms with van der Waals surface area (Å²) in [5.74, 6) is 1.50. The van der Waals surface area contributed by atoms with Crippen LogP contribution >= 0.6 is 0 Å². The molecule has 0 saturated heterocycles. The average molecular weight is 317 g/mol. The minimum absolute atomic E-state index is 0.0544. The lowest BCUT2D eigenvalue weighted by molar-refractivity contribution is 0.311. The van der Waals surface area contributed by atoms with Crippen LogP contribution in [0.1, 0.15) is 81.5 Å². The van der Waals surface area contributed by atoms with Gasteiger partial charge in [0.1, 0.15) is 0 Å². The molecule has 0 amide bonds. The molecule has 0 aromatic carbocycles. The quantitative estimate of drug-likeness (QED) is 0.848. The van der Waals surface area contributed by atoms with E-state index >= 15 is 0 Å². The molecule has 1 aliphatic carbocycles. The van der Waals surface area contributed by atoms with Crippen molar-refractivity contribution >= 4 is 0 Å². The maximum atomic E-state index is 5.43. The van der Waals surface area contributed by atoms with Crippen LogP contribution in [-0.2, 0) is 19.4 Å². The van der Waals surface area contributed by atoms with Crippen molar-refractivity contribution < 1.29 is 4.52 Å². The number of fused-ring (bicyclic) bond motifs is 1. The molecule has 6 nitrogen and oxygen atoms in total. The molecule has 23 heavy (non-hydrogen) atoms. The summed E-state index contributed by atoms with van der Waals surface area (Å²) in [5, 5.41) is 12.2. The van der Waals surface area contributed by atoms with Gasteiger partial charge < -0.3 is 4.52 Å². The Labute approximate surface area is 137 Å². The second kappa shape index (κ2) is 7.25. The summed E-state index contributed by atoms with van der Waals surface area (Å²) in [6.07, 6.45) is 8.59. The molecule has 0 bridgehead atoms. The van der Waals surface area contributed by atoms with E-state index in [1.807, 2.05) is 6.20 Å². The van der Waals surface area contributed by atoms with Gasteiger partial charge in [-0.2, -0.15) is 10.1 Å². The number of unbranched alkanes of at least 4 members (excludes halogenated alkanes) is 1. The van der Waals surface area contributed by atoms with Crippen LogP contribution in [0, 0.1) is 0 Å². The maximum absolute atomic E-state index is 5.43. The predicted molar refractivity (Wildman–Crippen MR) is 88.0 cm³/mol. The van der Waals surface area contributed by atoms with Crippen LogP contribution in [-0.4, -0.2) is 19.9 Å². The molecule has 1 aliphatic rings. The van der Waals surface area contributed by atoms with Gasteiger partial charge in [-0.05, 0) is 39.5 Å². The second-order valence-electron chi connectivity index (χ2n) is 6.35. The number of aromatic nitrogens is 4. The van der Waals surface area contributed by atoms with Crippen LogP contribution in [0.4, 0.5) is 0 Å². The van der Waals surface area contributed by atoms with E-state index in [1.54, 1.807) is 0 Å². The SMILES string of the molecule is CCCCc1noc([C@@H](C)N[C@H]2CCCc3c2cnn3CC)n1. The molecule has 0 aliphatic heterocycles. The Kier molecular flexibility index (Phi) is 5.10. The molecule has 0 spiro atoms. The van der Waals surface area contributed by atoms with Crippen molar-refractivity contribution in [3.63, 3.8) is 0 Å². The fraction of sp³-hybridized carbons (Fsp3) is 0.706. The third-order valence-corrected chi connectivity index (χ3v) is 4.62. The minimum Gasteiger partial charge on any atom is -0.338 e.